The normalized spacial score (nSPS) is 16.0. The second-order valence-electron chi connectivity index (χ2n) is 10.1. The standard InChI is InChI=1S/C30H44N4O2/c1-3-5-16-33-17-6-8-27-23-26(11-14-29(27)33)24-34(18-7-15-32-19-21-36-22-20-32)30(35)31-28-12-9-25(4-2)10-13-28/h9-14,23H,3-8,15-22,24H2,1-2H3,(H,31,35). The molecule has 0 saturated carbocycles. The van der Waals surface area contributed by atoms with Crippen LogP contribution in [-0.4, -0.2) is 68.3 Å². The van der Waals surface area contributed by atoms with Crippen LogP contribution in [0.4, 0.5) is 16.2 Å². The molecule has 1 saturated heterocycles. The number of carbonyl (C=O) groups excluding carboxylic acids is 1. The number of rotatable bonds is 11. The van der Waals surface area contributed by atoms with Crippen LogP contribution in [0.2, 0.25) is 0 Å². The van der Waals surface area contributed by atoms with Crippen LogP contribution in [-0.2, 0) is 24.1 Å². The molecule has 6 heteroatoms. The lowest BCUT2D eigenvalue weighted by Gasteiger charge is -2.32. The zero-order chi connectivity index (χ0) is 25.2. The molecule has 36 heavy (non-hydrogen) atoms. The maximum Gasteiger partial charge on any atom is 0.322 e. The third-order valence-corrected chi connectivity index (χ3v) is 7.42. The second kappa shape index (κ2) is 13.7. The molecule has 4 rings (SSSR count). The maximum absolute atomic E-state index is 13.4. The summed E-state index contributed by atoms with van der Waals surface area (Å²) >= 11 is 0. The number of carbonyl (C=O) groups is 1. The van der Waals surface area contributed by atoms with Gasteiger partial charge in [0, 0.05) is 57.2 Å². The fourth-order valence-corrected chi connectivity index (χ4v) is 5.22. The minimum Gasteiger partial charge on any atom is -0.379 e. The number of nitrogens with zero attached hydrogens (tertiary/aromatic N) is 3. The highest BCUT2D eigenvalue weighted by Crippen LogP contribution is 2.29. The van der Waals surface area contributed by atoms with Gasteiger partial charge in [-0.05, 0) is 67.0 Å². The van der Waals surface area contributed by atoms with Crippen molar-refractivity contribution in [3.63, 3.8) is 0 Å². The fraction of sp³-hybridized carbons (Fsp3) is 0.567. The lowest BCUT2D eigenvalue weighted by Crippen LogP contribution is -2.40. The van der Waals surface area contributed by atoms with Gasteiger partial charge in [-0.2, -0.15) is 0 Å². The average molecular weight is 493 g/mol. The van der Waals surface area contributed by atoms with Crippen LogP contribution in [0.15, 0.2) is 42.5 Å². The highest BCUT2D eigenvalue weighted by molar-refractivity contribution is 5.89. The summed E-state index contributed by atoms with van der Waals surface area (Å²) in [5, 5.41) is 3.14. The molecule has 2 aliphatic heterocycles. The minimum atomic E-state index is -0.0245. The zero-order valence-corrected chi connectivity index (χ0v) is 22.3. The molecule has 6 nitrogen and oxygen atoms in total. The molecule has 0 spiro atoms. The Bertz CT molecular complexity index is 956. The topological polar surface area (TPSA) is 48.1 Å². The van der Waals surface area contributed by atoms with Gasteiger partial charge in [-0.25, -0.2) is 4.79 Å². The Labute approximate surface area is 217 Å². The van der Waals surface area contributed by atoms with Gasteiger partial charge < -0.3 is 19.9 Å². The summed E-state index contributed by atoms with van der Waals surface area (Å²) in [5.41, 5.74) is 6.16. The number of urea groups is 1. The van der Waals surface area contributed by atoms with Crippen molar-refractivity contribution in [1.29, 1.82) is 0 Å². The van der Waals surface area contributed by atoms with Gasteiger partial charge in [0.25, 0.3) is 0 Å². The van der Waals surface area contributed by atoms with E-state index in [1.165, 1.54) is 41.6 Å². The molecular weight excluding hydrogens is 448 g/mol. The minimum absolute atomic E-state index is 0.0245. The second-order valence-corrected chi connectivity index (χ2v) is 10.1. The first-order valence-electron chi connectivity index (χ1n) is 14.0. The van der Waals surface area contributed by atoms with Crippen molar-refractivity contribution in [2.45, 2.75) is 58.9 Å². The number of hydrogen-bond donors (Lipinski definition) is 1. The van der Waals surface area contributed by atoms with E-state index in [9.17, 15) is 4.79 Å². The van der Waals surface area contributed by atoms with E-state index in [1.54, 1.807) is 0 Å². The Morgan fingerprint density at radius 3 is 2.50 bits per heavy atom. The molecule has 196 valence electrons. The van der Waals surface area contributed by atoms with E-state index in [-0.39, 0.29) is 6.03 Å². The number of fused-ring (bicyclic) bond motifs is 1. The highest BCUT2D eigenvalue weighted by Gasteiger charge is 2.20. The number of unbranched alkanes of at least 4 members (excludes halogenated alkanes) is 1. The van der Waals surface area contributed by atoms with Gasteiger partial charge >= 0.3 is 6.03 Å². The lowest BCUT2D eigenvalue weighted by molar-refractivity contribution is 0.0365. The molecule has 1 fully saturated rings. The number of ether oxygens (including phenoxy) is 1. The van der Waals surface area contributed by atoms with Crippen molar-refractivity contribution >= 4 is 17.4 Å². The predicted molar refractivity (Wildman–Crippen MR) is 149 cm³/mol. The number of morpholine rings is 1. The number of nitrogens with one attached hydrogen (secondary N) is 1. The molecular formula is C30H44N4O2. The molecule has 0 aliphatic carbocycles. The summed E-state index contributed by atoms with van der Waals surface area (Å²) in [4.78, 5) is 20.3. The first kappa shape index (κ1) is 26.5. The van der Waals surface area contributed by atoms with Crippen molar-refractivity contribution in [2.75, 3.05) is 62.7 Å². The van der Waals surface area contributed by atoms with E-state index >= 15 is 0 Å². The molecule has 0 aromatic heterocycles. The van der Waals surface area contributed by atoms with E-state index < -0.39 is 0 Å². The molecule has 2 amide bonds. The molecule has 2 heterocycles. The summed E-state index contributed by atoms with van der Waals surface area (Å²) in [7, 11) is 0. The van der Waals surface area contributed by atoms with Crippen LogP contribution >= 0.6 is 0 Å². The molecule has 0 atom stereocenters. The maximum atomic E-state index is 13.4. The van der Waals surface area contributed by atoms with Crippen LogP contribution in [0.5, 0.6) is 0 Å². The van der Waals surface area contributed by atoms with Gasteiger partial charge in [-0.3, -0.25) is 4.90 Å². The van der Waals surface area contributed by atoms with E-state index in [2.05, 4.69) is 59.3 Å². The number of benzene rings is 2. The molecule has 0 bridgehead atoms. The Balaban J connectivity index is 1.43. The van der Waals surface area contributed by atoms with Gasteiger partial charge in [-0.15, -0.1) is 0 Å². The van der Waals surface area contributed by atoms with Crippen molar-refractivity contribution in [2.24, 2.45) is 0 Å². The number of hydrogen-bond acceptors (Lipinski definition) is 4. The Kier molecular flexibility index (Phi) is 10.1. The van der Waals surface area contributed by atoms with E-state index in [4.69, 9.17) is 4.74 Å². The van der Waals surface area contributed by atoms with E-state index in [0.717, 1.165) is 77.4 Å². The number of amides is 2. The summed E-state index contributed by atoms with van der Waals surface area (Å²) in [6.45, 7) is 12.6. The Hall–Kier alpha value is -2.57. The van der Waals surface area contributed by atoms with Crippen LogP contribution in [0.25, 0.3) is 0 Å². The summed E-state index contributed by atoms with van der Waals surface area (Å²) in [5.74, 6) is 0. The van der Waals surface area contributed by atoms with Gasteiger partial charge in [0.05, 0.1) is 13.2 Å². The third kappa shape index (κ3) is 7.47. The van der Waals surface area contributed by atoms with Gasteiger partial charge in [0.1, 0.15) is 0 Å². The smallest absolute Gasteiger partial charge is 0.322 e. The Morgan fingerprint density at radius 2 is 1.75 bits per heavy atom. The zero-order valence-electron chi connectivity index (χ0n) is 22.3. The van der Waals surface area contributed by atoms with Crippen molar-refractivity contribution in [3.05, 3.63) is 59.2 Å². The molecule has 0 radical (unpaired) electrons. The van der Waals surface area contributed by atoms with Crippen LogP contribution < -0.4 is 10.2 Å². The monoisotopic (exact) mass is 492 g/mol. The van der Waals surface area contributed by atoms with Gasteiger partial charge in [0.2, 0.25) is 0 Å². The largest absolute Gasteiger partial charge is 0.379 e. The molecule has 2 aromatic rings. The van der Waals surface area contributed by atoms with E-state index in [1.807, 2.05) is 17.0 Å². The highest BCUT2D eigenvalue weighted by atomic mass is 16.5. The van der Waals surface area contributed by atoms with Crippen molar-refractivity contribution in [3.8, 4) is 0 Å². The van der Waals surface area contributed by atoms with E-state index in [0.29, 0.717) is 6.54 Å². The summed E-state index contributed by atoms with van der Waals surface area (Å²) in [6.07, 6.45) is 6.74. The number of anilines is 2. The van der Waals surface area contributed by atoms with Crippen molar-refractivity contribution in [1.82, 2.24) is 9.80 Å². The van der Waals surface area contributed by atoms with Crippen LogP contribution in [0.3, 0.4) is 0 Å². The first-order chi connectivity index (χ1) is 17.7. The molecule has 0 unspecified atom stereocenters. The number of aryl methyl sites for hydroxylation is 2. The predicted octanol–water partition coefficient (Wildman–Crippen LogP) is 5.56. The van der Waals surface area contributed by atoms with Gasteiger partial charge in [0.15, 0.2) is 0 Å². The lowest BCUT2D eigenvalue weighted by atomic mass is 9.98. The van der Waals surface area contributed by atoms with Gasteiger partial charge in [-0.1, -0.05) is 44.5 Å². The third-order valence-electron chi connectivity index (χ3n) is 7.42. The summed E-state index contributed by atoms with van der Waals surface area (Å²) < 4.78 is 5.48. The Morgan fingerprint density at radius 1 is 0.972 bits per heavy atom. The van der Waals surface area contributed by atoms with Crippen LogP contribution in [0, 0.1) is 0 Å². The quantitative estimate of drug-likeness (QED) is 0.446. The van der Waals surface area contributed by atoms with Crippen molar-refractivity contribution < 1.29 is 9.53 Å². The SMILES string of the molecule is CCCCN1CCCc2cc(CN(CCCN3CCOCC3)C(=O)Nc3ccc(CC)cc3)ccc21. The summed E-state index contributed by atoms with van der Waals surface area (Å²) in [6, 6.07) is 15.0. The molecule has 1 N–H and O–H groups in total. The average Bonchev–Trinajstić information content (AvgIpc) is 2.92. The van der Waals surface area contributed by atoms with Crippen LogP contribution in [0.1, 0.15) is 56.2 Å². The molecule has 2 aliphatic rings. The fourth-order valence-electron chi connectivity index (χ4n) is 5.22. The molecule has 2 aromatic carbocycles. The first-order valence-corrected chi connectivity index (χ1v) is 14.0.